The Hall–Kier alpha value is -1.83. The van der Waals surface area contributed by atoms with Crippen molar-refractivity contribution in [2.24, 2.45) is 0 Å². The molecule has 2 aromatic carbocycles. The van der Waals surface area contributed by atoms with E-state index in [1.165, 1.54) is 18.2 Å². The SMILES string of the molecule is O=C1c2ccc(-c3cc(C(F)(F)F)cc(C(F)(F)F)c3)cc2CC1Br. The second-order valence-corrected chi connectivity index (χ2v) is 6.81. The number of alkyl halides is 7. The average molecular weight is 423 g/mol. The van der Waals surface area contributed by atoms with Crippen LogP contribution in [0.5, 0.6) is 0 Å². The Bertz CT molecular complexity index is 821. The number of halogens is 7. The highest BCUT2D eigenvalue weighted by Gasteiger charge is 2.37. The summed E-state index contributed by atoms with van der Waals surface area (Å²) in [6.07, 6.45) is -9.46. The Kier molecular flexibility index (Phi) is 4.21. The fraction of sp³-hybridized carbons (Fsp3) is 0.235. The molecule has 1 nitrogen and oxygen atoms in total. The standard InChI is InChI=1S/C17H9BrF6O/c18-14-6-10-3-8(1-2-13(10)15(14)25)9-4-11(16(19,20)21)7-12(5-9)17(22,23)24/h1-5,7,14H,6H2. The summed E-state index contributed by atoms with van der Waals surface area (Å²) in [5, 5.41) is 0. The van der Waals surface area contributed by atoms with E-state index in [0.29, 0.717) is 29.7 Å². The molecule has 1 unspecified atom stereocenters. The van der Waals surface area contributed by atoms with E-state index in [9.17, 15) is 31.1 Å². The molecule has 3 rings (SSSR count). The first kappa shape index (κ1) is 18.0. The molecule has 0 saturated heterocycles. The summed E-state index contributed by atoms with van der Waals surface area (Å²) in [5.74, 6) is -0.151. The molecular formula is C17H9BrF6O. The molecule has 0 radical (unpaired) electrons. The first-order valence-electron chi connectivity index (χ1n) is 7.08. The summed E-state index contributed by atoms with van der Waals surface area (Å²) in [7, 11) is 0. The molecule has 0 N–H and O–H groups in total. The molecular weight excluding hydrogens is 414 g/mol. The van der Waals surface area contributed by atoms with Gasteiger partial charge in [0.1, 0.15) is 0 Å². The molecule has 0 bridgehead atoms. The van der Waals surface area contributed by atoms with Crippen LogP contribution in [-0.4, -0.2) is 10.6 Å². The van der Waals surface area contributed by atoms with Gasteiger partial charge in [-0.2, -0.15) is 26.3 Å². The van der Waals surface area contributed by atoms with Gasteiger partial charge in [0.15, 0.2) is 5.78 Å². The number of hydrogen-bond donors (Lipinski definition) is 0. The van der Waals surface area contributed by atoms with E-state index in [4.69, 9.17) is 0 Å². The van der Waals surface area contributed by atoms with Crippen molar-refractivity contribution in [3.05, 3.63) is 58.7 Å². The number of fused-ring (bicyclic) bond motifs is 1. The molecule has 0 amide bonds. The van der Waals surface area contributed by atoms with E-state index in [1.54, 1.807) is 0 Å². The van der Waals surface area contributed by atoms with Crippen LogP contribution in [0.3, 0.4) is 0 Å². The van der Waals surface area contributed by atoms with Crippen LogP contribution in [0.15, 0.2) is 36.4 Å². The van der Waals surface area contributed by atoms with Gasteiger partial charge in [0, 0.05) is 5.56 Å². The van der Waals surface area contributed by atoms with Gasteiger partial charge in [-0.1, -0.05) is 34.1 Å². The summed E-state index contributed by atoms with van der Waals surface area (Å²) in [6.45, 7) is 0. The zero-order valence-corrected chi connectivity index (χ0v) is 13.9. The predicted molar refractivity (Wildman–Crippen MR) is 82.6 cm³/mol. The van der Waals surface area contributed by atoms with Crippen LogP contribution in [0.1, 0.15) is 27.0 Å². The van der Waals surface area contributed by atoms with Crippen LogP contribution < -0.4 is 0 Å². The topological polar surface area (TPSA) is 17.1 Å². The zero-order chi connectivity index (χ0) is 18.6. The van der Waals surface area contributed by atoms with Crippen molar-refractivity contribution in [1.29, 1.82) is 0 Å². The van der Waals surface area contributed by atoms with E-state index in [2.05, 4.69) is 15.9 Å². The third-order valence-electron chi connectivity index (χ3n) is 3.98. The summed E-state index contributed by atoms with van der Waals surface area (Å²) >= 11 is 3.19. The number of ketones is 1. The van der Waals surface area contributed by atoms with E-state index in [1.807, 2.05) is 0 Å². The van der Waals surface area contributed by atoms with Gasteiger partial charge in [0.25, 0.3) is 0 Å². The number of Topliss-reactive ketones (excluding diaryl/α,β-unsaturated/α-hetero) is 1. The Balaban J connectivity index is 2.15. The Morgan fingerprint density at radius 1 is 0.840 bits per heavy atom. The highest BCUT2D eigenvalue weighted by atomic mass is 79.9. The first-order valence-corrected chi connectivity index (χ1v) is 7.99. The van der Waals surface area contributed by atoms with Crippen LogP contribution >= 0.6 is 15.9 Å². The number of benzene rings is 2. The van der Waals surface area contributed by atoms with E-state index >= 15 is 0 Å². The smallest absolute Gasteiger partial charge is 0.293 e. The number of rotatable bonds is 1. The summed E-state index contributed by atoms with van der Waals surface area (Å²) < 4.78 is 77.7. The minimum Gasteiger partial charge on any atom is -0.293 e. The fourth-order valence-electron chi connectivity index (χ4n) is 2.76. The van der Waals surface area contributed by atoms with Crippen LogP contribution in [-0.2, 0) is 18.8 Å². The summed E-state index contributed by atoms with van der Waals surface area (Å²) in [4.78, 5) is 11.4. The number of carbonyl (C=O) groups excluding carboxylic acids is 1. The lowest BCUT2D eigenvalue weighted by molar-refractivity contribution is -0.143. The highest BCUT2D eigenvalue weighted by molar-refractivity contribution is 9.10. The lowest BCUT2D eigenvalue weighted by Crippen LogP contribution is -2.11. The van der Waals surface area contributed by atoms with Crippen LogP contribution in [0.2, 0.25) is 0 Å². The van der Waals surface area contributed by atoms with E-state index in [0.717, 1.165) is 0 Å². The van der Waals surface area contributed by atoms with Crippen molar-refractivity contribution < 1.29 is 31.1 Å². The Morgan fingerprint density at radius 3 is 1.92 bits per heavy atom. The van der Waals surface area contributed by atoms with Crippen molar-refractivity contribution in [3.63, 3.8) is 0 Å². The van der Waals surface area contributed by atoms with Crippen LogP contribution in [0.4, 0.5) is 26.3 Å². The van der Waals surface area contributed by atoms with Crippen molar-refractivity contribution in [1.82, 2.24) is 0 Å². The molecule has 0 aliphatic heterocycles. The van der Waals surface area contributed by atoms with Gasteiger partial charge < -0.3 is 0 Å². The molecule has 0 spiro atoms. The van der Waals surface area contributed by atoms with Gasteiger partial charge in [-0.05, 0) is 41.3 Å². The van der Waals surface area contributed by atoms with Gasteiger partial charge in [0.2, 0.25) is 0 Å². The van der Waals surface area contributed by atoms with Crippen LogP contribution in [0.25, 0.3) is 11.1 Å². The zero-order valence-electron chi connectivity index (χ0n) is 12.3. The second kappa shape index (κ2) is 5.86. The van der Waals surface area contributed by atoms with Crippen molar-refractivity contribution in [2.75, 3.05) is 0 Å². The molecule has 25 heavy (non-hydrogen) atoms. The minimum absolute atomic E-state index is 0.0922. The molecule has 0 saturated carbocycles. The average Bonchev–Trinajstić information content (AvgIpc) is 2.79. The van der Waals surface area contributed by atoms with Crippen molar-refractivity contribution >= 4 is 21.7 Å². The molecule has 8 heteroatoms. The van der Waals surface area contributed by atoms with Gasteiger partial charge in [0.05, 0.1) is 16.0 Å². The maximum absolute atomic E-state index is 13.0. The van der Waals surface area contributed by atoms with Gasteiger partial charge in [-0.15, -0.1) is 0 Å². The van der Waals surface area contributed by atoms with Gasteiger partial charge >= 0.3 is 12.4 Å². The Labute approximate surface area is 146 Å². The maximum atomic E-state index is 13.0. The monoisotopic (exact) mass is 422 g/mol. The number of hydrogen-bond acceptors (Lipinski definition) is 1. The normalized spacial score (nSPS) is 17.7. The minimum atomic E-state index is -4.90. The molecule has 0 fully saturated rings. The van der Waals surface area contributed by atoms with Crippen LogP contribution in [0, 0.1) is 0 Å². The Morgan fingerprint density at radius 2 is 1.40 bits per heavy atom. The molecule has 0 aromatic heterocycles. The lowest BCUT2D eigenvalue weighted by atomic mass is 9.96. The van der Waals surface area contributed by atoms with E-state index < -0.39 is 28.3 Å². The molecule has 0 heterocycles. The van der Waals surface area contributed by atoms with Crippen molar-refractivity contribution in [3.8, 4) is 11.1 Å². The third-order valence-corrected chi connectivity index (χ3v) is 4.71. The fourth-order valence-corrected chi connectivity index (χ4v) is 3.35. The van der Waals surface area contributed by atoms with Gasteiger partial charge in [-0.3, -0.25) is 4.79 Å². The highest BCUT2D eigenvalue weighted by Crippen LogP contribution is 2.39. The van der Waals surface area contributed by atoms with Crippen molar-refractivity contribution in [2.45, 2.75) is 23.6 Å². The third kappa shape index (κ3) is 3.44. The summed E-state index contributed by atoms with van der Waals surface area (Å²) in [5.41, 5.74) is -1.72. The number of carbonyl (C=O) groups is 1. The first-order chi connectivity index (χ1) is 11.5. The molecule has 1 aliphatic carbocycles. The maximum Gasteiger partial charge on any atom is 0.416 e. The molecule has 132 valence electrons. The summed E-state index contributed by atoms with van der Waals surface area (Å²) in [6, 6.07) is 5.71. The predicted octanol–water partition coefficient (Wildman–Crippen LogP) is 5.89. The second-order valence-electron chi connectivity index (χ2n) is 5.70. The lowest BCUT2D eigenvalue weighted by Gasteiger charge is -2.14. The molecule has 1 aliphatic rings. The molecule has 2 aromatic rings. The van der Waals surface area contributed by atoms with Gasteiger partial charge in [-0.25, -0.2) is 0 Å². The molecule has 1 atom stereocenters. The van der Waals surface area contributed by atoms with E-state index in [-0.39, 0.29) is 23.0 Å². The quantitative estimate of drug-likeness (QED) is 0.413. The largest absolute Gasteiger partial charge is 0.416 e.